The summed E-state index contributed by atoms with van der Waals surface area (Å²) in [5.74, 6) is 1.56. The van der Waals surface area contributed by atoms with Crippen molar-refractivity contribution in [1.29, 1.82) is 5.26 Å². The van der Waals surface area contributed by atoms with Gasteiger partial charge in [-0.25, -0.2) is 9.67 Å². The van der Waals surface area contributed by atoms with Crippen LogP contribution in [0.5, 0.6) is 5.75 Å². The van der Waals surface area contributed by atoms with E-state index in [4.69, 9.17) is 9.84 Å². The van der Waals surface area contributed by atoms with E-state index < -0.39 is 0 Å². The van der Waals surface area contributed by atoms with Crippen molar-refractivity contribution in [2.75, 3.05) is 32.8 Å². The predicted molar refractivity (Wildman–Crippen MR) is 118 cm³/mol. The van der Waals surface area contributed by atoms with Gasteiger partial charge in [-0.15, -0.1) is 5.10 Å². The molecule has 2 aromatic heterocycles. The molecule has 31 heavy (non-hydrogen) atoms. The van der Waals surface area contributed by atoms with Crippen molar-refractivity contribution in [3.05, 3.63) is 35.5 Å². The van der Waals surface area contributed by atoms with E-state index in [1.807, 2.05) is 31.2 Å². The Morgan fingerprint density at radius 3 is 2.77 bits per heavy atom. The number of nitriles is 1. The molecule has 0 unspecified atom stereocenters. The molecule has 8 heteroatoms. The van der Waals surface area contributed by atoms with Crippen molar-refractivity contribution in [1.82, 2.24) is 24.9 Å². The maximum Gasteiger partial charge on any atom is 0.170 e. The van der Waals surface area contributed by atoms with E-state index in [9.17, 15) is 5.26 Å². The summed E-state index contributed by atoms with van der Waals surface area (Å²) in [4.78, 5) is 6.80. The molecule has 1 aliphatic heterocycles. The number of aliphatic hydroxyl groups is 1. The summed E-state index contributed by atoms with van der Waals surface area (Å²) < 4.78 is 7.73. The molecular formula is C23H28N6O2. The lowest BCUT2D eigenvalue weighted by atomic mass is 9.94. The molecule has 1 aliphatic rings. The van der Waals surface area contributed by atoms with Crippen molar-refractivity contribution in [3.63, 3.8) is 0 Å². The van der Waals surface area contributed by atoms with Gasteiger partial charge in [0.1, 0.15) is 17.3 Å². The topological polar surface area (TPSA) is 100 Å². The normalized spacial score (nSPS) is 15.3. The van der Waals surface area contributed by atoms with Crippen LogP contribution >= 0.6 is 0 Å². The lowest BCUT2D eigenvalue weighted by Crippen LogP contribution is -2.35. The van der Waals surface area contributed by atoms with Crippen molar-refractivity contribution in [3.8, 4) is 23.1 Å². The number of fused-ring (bicyclic) bond motifs is 1. The molecular weight excluding hydrogens is 392 g/mol. The number of nitrogens with zero attached hydrogens (tertiary/aromatic N) is 6. The van der Waals surface area contributed by atoms with E-state index in [0.717, 1.165) is 54.1 Å². The van der Waals surface area contributed by atoms with E-state index in [1.165, 1.54) is 12.8 Å². The molecule has 0 aliphatic carbocycles. The maximum absolute atomic E-state index is 9.44. The highest BCUT2D eigenvalue weighted by molar-refractivity contribution is 5.83. The van der Waals surface area contributed by atoms with Gasteiger partial charge >= 0.3 is 0 Å². The van der Waals surface area contributed by atoms with Crippen LogP contribution in [0.1, 0.15) is 30.5 Å². The van der Waals surface area contributed by atoms with Crippen LogP contribution in [0.4, 0.5) is 0 Å². The molecule has 8 nitrogen and oxygen atoms in total. The van der Waals surface area contributed by atoms with Gasteiger partial charge in [0.05, 0.1) is 24.4 Å². The first-order valence-electron chi connectivity index (χ1n) is 10.8. The van der Waals surface area contributed by atoms with Crippen molar-refractivity contribution >= 4 is 11.0 Å². The van der Waals surface area contributed by atoms with E-state index in [2.05, 4.69) is 26.3 Å². The molecule has 0 amide bonds. The van der Waals surface area contributed by atoms with Gasteiger partial charge in [0.15, 0.2) is 5.69 Å². The number of likely N-dealkylation sites (tertiary alicyclic amines) is 1. The number of aliphatic hydroxyl groups excluding tert-OH is 1. The Bertz CT molecular complexity index is 1100. The van der Waals surface area contributed by atoms with Crippen LogP contribution in [-0.4, -0.2) is 62.8 Å². The Hall–Kier alpha value is -3.02. The molecule has 0 radical (unpaired) electrons. The highest BCUT2D eigenvalue weighted by Gasteiger charge is 2.19. The Kier molecular flexibility index (Phi) is 6.44. The second-order valence-corrected chi connectivity index (χ2v) is 8.17. The molecule has 3 heterocycles. The minimum absolute atomic E-state index is 0.239. The number of benzene rings is 1. The molecule has 1 aromatic carbocycles. The van der Waals surface area contributed by atoms with Crippen molar-refractivity contribution in [2.45, 2.75) is 26.2 Å². The molecule has 1 N–H and O–H groups in total. The average Bonchev–Trinajstić information content (AvgIpc) is 3.16. The summed E-state index contributed by atoms with van der Waals surface area (Å²) in [6, 6.07) is 10.0. The van der Waals surface area contributed by atoms with Crippen molar-refractivity contribution in [2.24, 2.45) is 13.0 Å². The van der Waals surface area contributed by atoms with Crippen LogP contribution in [0.3, 0.4) is 0 Å². The van der Waals surface area contributed by atoms with Gasteiger partial charge < -0.3 is 14.7 Å². The highest BCUT2D eigenvalue weighted by Crippen LogP contribution is 2.28. The van der Waals surface area contributed by atoms with Crippen LogP contribution in [0.2, 0.25) is 0 Å². The summed E-state index contributed by atoms with van der Waals surface area (Å²) >= 11 is 0. The number of aryl methyl sites for hydroxylation is 2. The molecule has 4 rings (SSSR count). The SMILES string of the molecule is Cc1cc(-c2cc3c(nnn3C)c(C#N)n2)ccc1OCCC1CCN(CCO)CC1. The van der Waals surface area contributed by atoms with Crippen LogP contribution in [0.25, 0.3) is 22.3 Å². The summed E-state index contributed by atoms with van der Waals surface area (Å²) in [6.45, 7) is 5.88. The zero-order chi connectivity index (χ0) is 21.8. The van der Waals surface area contributed by atoms with E-state index in [0.29, 0.717) is 18.0 Å². The summed E-state index contributed by atoms with van der Waals surface area (Å²) in [5, 5.41) is 26.5. The van der Waals surface area contributed by atoms with Gasteiger partial charge in [0, 0.05) is 19.2 Å². The molecule has 162 valence electrons. The summed E-state index contributed by atoms with van der Waals surface area (Å²) in [5.41, 5.74) is 4.28. The molecule has 3 aromatic rings. The number of pyridine rings is 1. The third-order valence-corrected chi connectivity index (χ3v) is 6.08. The van der Waals surface area contributed by atoms with Gasteiger partial charge in [-0.05, 0) is 75.0 Å². The predicted octanol–water partition coefficient (Wildman–Crippen LogP) is 2.68. The summed E-state index contributed by atoms with van der Waals surface area (Å²) in [7, 11) is 1.80. The van der Waals surface area contributed by atoms with E-state index in [1.54, 1.807) is 11.7 Å². The quantitative estimate of drug-likeness (QED) is 0.627. The number of ether oxygens (including phenoxy) is 1. The van der Waals surface area contributed by atoms with Crippen LogP contribution in [0.15, 0.2) is 24.3 Å². The minimum atomic E-state index is 0.239. The Morgan fingerprint density at radius 1 is 1.26 bits per heavy atom. The summed E-state index contributed by atoms with van der Waals surface area (Å²) in [6.07, 6.45) is 3.38. The third-order valence-electron chi connectivity index (χ3n) is 6.08. The standard InChI is InChI=1S/C23H28N6O2/c1-16-13-18(19-14-21-23(20(15-24)25-19)26-27-28(21)2)3-4-22(16)31-12-7-17-5-8-29(9-6-17)10-11-30/h3-4,13-14,17,30H,5-12H2,1-2H3. The zero-order valence-corrected chi connectivity index (χ0v) is 18.1. The van der Waals surface area contributed by atoms with Gasteiger partial charge in [0.25, 0.3) is 0 Å². The van der Waals surface area contributed by atoms with Crippen LogP contribution < -0.4 is 4.74 Å². The minimum Gasteiger partial charge on any atom is -0.493 e. The second-order valence-electron chi connectivity index (χ2n) is 8.17. The fraction of sp³-hybridized carbons (Fsp3) is 0.478. The third kappa shape index (κ3) is 4.68. The Morgan fingerprint density at radius 2 is 2.06 bits per heavy atom. The highest BCUT2D eigenvalue weighted by atomic mass is 16.5. The first kappa shape index (κ1) is 21.2. The molecule has 0 spiro atoms. The first-order chi connectivity index (χ1) is 15.1. The monoisotopic (exact) mass is 420 g/mol. The van der Waals surface area contributed by atoms with Gasteiger partial charge in [-0.1, -0.05) is 5.21 Å². The maximum atomic E-state index is 9.44. The van der Waals surface area contributed by atoms with Gasteiger partial charge in [-0.2, -0.15) is 5.26 Å². The second kappa shape index (κ2) is 9.41. The first-order valence-corrected chi connectivity index (χ1v) is 10.8. The smallest absolute Gasteiger partial charge is 0.170 e. The van der Waals surface area contributed by atoms with Gasteiger partial charge in [-0.3, -0.25) is 0 Å². The molecule has 1 saturated heterocycles. The average molecular weight is 421 g/mol. The van der Waals surface area contributed by atoms with Crippen LogP contribution in [0, 0.1) is 24.2 Å². The number of piperidine rings is 1. The fourth-order valence-electron chi connectivity index (χ4n) is 4.20. The van der Waals surface area contributed by atoms with E-state index >= 15 is 0 Å². The number of aromatic nitrogens is 4. The van der Waals surface area contributed by atoms with Crippen molar-refractivity contribution < 1.29 is 9.84 Å². The van der Waals surface area contributed by atoms with E-state index in [-0.39, 0.29) is 12.3 Å². The Labute approximate surface area is 182 Å². The number of rotatable bonds is 7. The number of hydrogen-bond donors (Lipinski definition) is 1. The molecule has 0 bridgehead atoms. The number of β-amino-alcohol motifs (C(OH)–C–C–N with tert-alkyl or cyclic N) is 1. The lowest BCUT2D eigenvalue weighted by Gasteiger charge is -2.31. The molecule has 0 saturated carbocycles. The molecule has 0 atom stereocenters. The number of hydrogen-bond acceptors (Lipinski definition) is 7. The van der Waals surface area contributed by atoms with Crippen LogP contribution in [-0.2, 0) is 7.05 Å². The Balaban J connectivity index is 1.40. The molecule has 1 fully saturated rings. The fourth-order valence-corrected chi connectivity index (χ4v) is 4.20. The zero-order valence-electron chi connectivity index (χ0n) is 18.1. The lowest BCUT2D eigenvalue weighted by molar-refractivity contribution is 0.136. The van der Waals surface area contributed by atoms with Gasteiger partial charge in [0.2, 0.25) is 0 Å². The largest absolute Gasteiger partial charge is 0.493 e.